The number of rotatable bonds is 5. The van der Waals surface area contributed by atoms with Crippen LogP contribution in [0.3, 0.4) is 0 Å². The summed E-state index contributed by atoms with van der Waals surface area (Å²) in [7, 11) is 0. The highest BCUT2D eigenvalue weighted by Gasteiger charge is 2.21. The summed E-state index contributed by atoms with van der Waals surface area (Å²) in [6, 6.07) is 70.9. The minimum Gasteiger partial charge on any atom is -0.456 e. The fraction of sp³-hybridized carbons (Fsp3) is 0. The van der Waals surface area contributed by atoms with Crippen molar-refractivity contribution < 1.29 is 4.42 Å². The molecule has 14 aromatic rings. The fourth-order valence-corrected chi connectivity index (χ4v) is 11.1. The number of hydrogen-bond donors (Lipinski definition) is 0. The molecule has 0 N–H and O–H groups in total. The van der Waals surface area contributed by atoms with Gasteiger partial charge in [0, 0.05) is 80.6 Å². The van der Waals surface area contributed by atoms with Crippen LogP contribution in [0.5, 0.6) is 0 Å². The molecule has 0 unspecified atom stereocenters. The molecule has 0 bridgehead atoms. The third-order valence-corrected chi connectivity index (χ3v) is 14.0. The van der Waals surface area contributed by atoms with Crippen molar-refractivity contribution in [2.24, 2.45) is 0 Å². The molecular weight excluding hydrogens is 803 g/mol. The van der Waals surface area contributed by atoms with E-state index in [2.05, 4.69) is 191 Å². The Hall–Kier alpha value is -8.39. The van der Waals surface area contributed by atoms with Gasteiger partial charge in [-0.2, -0.15) is 0 Å². The van der Waals surface area contributed by atoms with Gasteiger partial charge < -0.3 is 13.6 Å². The first kappa shape index (κ1) is 35.2. The Morgan fingerprint density at radius 3 is 1.67 bits per heavy atom. The molecule has 0 fully saturated rings. The number of benzene rings is 9. The van der Waals surface area contributed by atoms with Gasteiger partial charge in [0.25, 0.3) is 0 Å². The molecule has 0 aliphatic rings. The van der Waals surface area contributed by atoms with E-state index in [1.807, 2.05) is 18.2 Å². The van der Waals surface area contributed by atoms with Gasteiger partial charge in [0.15, 0.2) is 17.5 Å². The van der Waals surface area contributed by atoms with Gasteiger partial charge in [-0.3, -0.25) is 0 Å². The molecule has 9 aromatic carbocycles. The quantitative estimate of drug-likeness (QED) is 0.173. The zero-order valence-corrected chi connectivity index (χ0v) is 34.9. The molecule has 14 rings (SSSR count). The lowest BCUT2D eigenvalue weighted by Gasteiger charge is -2.12. The first-order valence-corrected chi connectivity index (χ1v) is 22.2. The van der Waals surface area contributed by atoms with Gasteiger partial charge in [-0.25, -0.2) is 15.0 Å². The normalized spacial score (nSPS) is 12.1. The van der Waals surface area contributed by atoms with Crippen LogP contribution in [-0.2, 0) is 0 Å². The predicted octanol–water partition coefficient (Wildman–Crippen LogP) is 15.3. The van der Waals surface area contributed by atoms with Crippen molar-refractivity contribution in [2.75, 3.05) is 0 Å². The molecule has 0 spiro atoms. The van der Waals surface area contributed by atoms with E-state index >= 15 is 0 Å². The van der Waals surface area contributed by atoms with E-state index in [0.29, 0.717) is 17.5 Å². The lowest BCUT2D eigenvalue weighted by molar-refractivity contribution is 0.669. The first-order chi connectivity index (χ1) is 31.7. The van der Waals surface area contributed by atoms with Crippen LogP contribution < -0.4 is 0 Å². The number of furan rings is 1. The number of thiophene rings is 1. The zero-order valence-electron chi connectivity index (χ0n) is 34.1. The second kappa shape index (κ2) is 13.6. The van der Waals surface area contributed by atoms with E-state index in [1.54, 1.807) is 11.3 Å². The zero-order chi connectivity index (χ0) is 41.9. The van der Waals surface area contributed by atoms with Gasteiger partial charge in [0.2, 0.25) is 0 Å². The highest BCUT2D eigenvalue weighted by atomic mass is 32.1. The Balaban J connectivity index is 0.991. The molecule has 0 amide bonds. The first-order valence-electron chi connectivity index (χ1n) is 21.4. The van der Waals surface area contributed by atoms with Crippen LogP contribution in [0.1, 0.15) is 0 Å². The highest BCUT2D eigenvalue weighted by Crippen LogP contribution is 2.42. The van der Waals surface area contributed by atoms with Gasteiger partial charge in [-0.05, 0) is 78.9 Å². The van der Waals surface area contributed by atoms with Crippen molar-refractivity contribution in [2.45, 2.75) is 0 Å². The molecule has 0 saturated heterocycles. The SMILES string of the molecule is c1ccc(-n2c3ccccc3c3cc4c(cc32)c2ccccc2n4-c2cccc(-c3nc(-c4ccc5c(c4)oc4ccccc45)nc(-c4cccc5c4sc4ccccc45)n3)c2)cc1. The topological polar surface area (TPSA) is 61.7 Å². The summed E-state index contributed by atoms with van der Waals surface area (Å²) in [5, 5.41) is 9.37. The van der Waals surface area contributed by atoms with Gasteiger partial charge in [-0.15, -0.1) is 11.3 Å². The smallest absolute Gasteiger partial charge is 0.165 e. The Morgan fingerprint density at radius 1 is 0.344 bits per heavy atom. The van der Waals surface area contributed by atoms with Crippen LogP contribution in [0.15, 0.2) is 205 Å². The highest BCUT2D eigenvalue weighted by molar-refractivity contribution is 7.26. The summed E-state index contributed by atoms with van der Waals surface area (Å²) < 4.78 is 13.5. The van der Waals surface area contributed by atoms with E-state index in [1.165, 1.54) is 48.1 Å². The maximum absolute atomic E-state index is 6.36. The minimum absolute atomic E-state index is 0.583. The second-order valence-electron chi connectivity index (χ2n) is 16.4. The Morgan fingerprint density at radius 2 is 0.906 bits per heavy atom. The van der Waals surface area contributed by atoms with E-state index in [9.17, 15) is 0 Å². The Labute approximate surface area is 369 Å². The number of fused-ring (bicyclic) bond motifs is 12. The fourth-order valence-electron chi connectivity index (χ4n) is 9.89. The van der Waals surface area contributed by atoms with Crippen LogP contribution in [0.25, 0.3) is 131 Å². The molecule has 0 aliphatic heterocycles. The van der Waals surface area contributed by atoms with E-state index in [4.69, 9.17) is 19.4 Å². The number of hydrogen-bond acceptors (Lipinski definition) is 5. The molecule has 6 nitrogen and oxygen atoms in total. The molecule has 0 atom stereocenters. The van der Waals surface area contributed by atoms with Crippen LogP contribution in [-0.4, -0.2) is 24.1 Å². The summed E-state index contributed by atoms with van der Waals surface area (Å²) in [5.74, 6) is 1.81. The molecule has 7 heteroatoms. The predicted molar refractivity (Wildman–Crippen MR) is 265 cm³/mol. The third kappa shape index (κ3) is 5.22. The Bertz CT molecular complexity index is 4210. The van der Waals surface area contributed by atoms with E-state index in [0.717, 1.165) is 65.7 Å². The summed E-state index contributed by atoms with van der Waals surface area (Å²) in [6.45, 7) is 0. The van der Waals surface area contributed by atoms with Gasteiger partial charge in [0.1, 0.15) is 11.2 Å². The molecule has 0 aliphatic carbocycles. The minimum atomic E-state index is 0.583. The largest absolute Gasteiger partial charge is 0.456 e. The van der Waals surface area contributed by atoms with Crippen molar-refractivity contribution >= 4 is 97.1 Å². The molecule has 0 radical (unpaired) electrons. The van der Waals surface area contributed by atoms with Crippen LogP contribution in [0, 0.1) is 0 Å². The average Bonchev–Trinajstić information content (AvgIpc) is 4.11. The second-order valence-corrected chi connectivity index (χ2v) is 17.4. The molecule has 298 valence electrons. The number of nitrogens with zero attached hydrogens (tertiary/aromatic N) is 5. The monoisotopic (exact) mass is 835 g/mol. The standard InChI is InChI=1S/C57H33N5OS/c1-2-15-36(16-3-1)61-47-24-8-4-18-38(47)45-33-50-46(32-49(45)61)39-19-5-9-25-48(39)62(50)37-17-12-14-34(30-37)55-58-56(35-28-29-41-40-20-6-10-26-51(40)63-52(41)31-35)60-57(59-55)44-23-13-22-43-42-21-7-11-27-53(42)64-54(43)44/h1-33H. The molecule has 5 heterocycles. The van der Waals surface area contributed by atoms with Crippen LogP contribution in [0.2, 0.25) is 0 Å². The summed E-state index contributed by atoms with van der Waals surface area (Å²) >= 11 is 1.77. The van der Waals surface area contributed by atoms with Crippen molar-refractivity contribution in [3.63, 3.8) is 0 Å². The molecular formula is C57H33N5OS. The summed E-state index contributed by atoms with van der Waals surface area (Å²) in [6.07, 6.45) is 0. The lowest BCUT2D eigenvalue weighted by atomic mass is 10.1. The van der Waals surface area contributed by atoms with Crippen molar-refractivity contribution in [3.8, 4) is 45.5 Å². The van der Waals surface area contributed by atoms with Crippen molar-refractivity contribution in [3.05, 3.63) is 200 Å². The maximum atomic E-state index is 6.36. The third-order valence-electron chi connectivity index (χ3n) is 12.8. The number of aromatic nitrogens is 5. The molecule has 5 aromatic heterocycles. The Kier molecular flexibility index (Phi) is 7.46. The summed E-state index contributed by atoms with van der Waals surface area (Å²) in [4.78, 5) is 15.8. The lowest BCUT2D eigenvalue weighted by Crippen LogP contribution is -2.01. The van der Waals surface area contributed by atoms with Crippen LogP contribution >= 0.6 is 11.3 Å². The van der Waals surface area contributed by atoms with Gasteiger partial charge >= 0.3 is 0 Å². The van der Waals surface area contributed by atoms with Gasteiger partial charge in [0.05, 0.1) is 22.1 Å². The van der Waals surface area contributed by atoms with E-state index in [-0.39, 0.29) is 0 Å². The van der Waals surface area contributed by atoms with Crippen molar-refractivity contribution in [1.29, 1.82) is 0 Å². The van der Waals surface area contributed by atoms with E-state index < -0.39 is 0 Å². The van der Waals surface area contributed by atoms with Crippen molar-refractivity contribution in [1.82, 2.24) is 24.1 Å². The molecule has 64 heavy (non-hydrogen) atoms. The van der Waals surface area contributed by atoms with Crippen LogP contribution in [0.4, 0.5) is 0 Å². The van der Waals surface area contributed by atoms with Gasteiger partial charge in [-0.1, -0.05) is 121 Å². The maximum Gasteiger partial charge on any atom is 0.165 e. The molecule has 0 saturated carbocycles. The number of para-hydroxylation sites is 4. The average molecular weight is 836 g/mol. The summed E-state index contributed by atoms with van der Waals surface area (Å²) in [5.41, 5.74) is 11.2.